The van der Waals surface area contributed by atoms with Gasteiger partial charge in [-0.2, -0.15) is 0 Å². The molecule has 0 rings (SSSR count). The average Bonchev–Trinajstić information content (AvgIpc) is 1.89. The SMILES string of the molecule is CCCCC(NC)=C(C)C. The largest absolute Gasteiger partial charge is 0.391 e. The molecule has 0 aromatic rings. The van der Waals surface area contributed by atoms with E-state index >= 15 is 0 Å². The third-order valence-corrected chi connectivity index (χ3v) is 1.69. The standard InChI is InChI=1S/C9H19N/c1-5-6-7-9(10-4)8(2)3/h10H,5-7H2,1-4H3. The summed E-state index contributed by atoms with van der Waals surface area (Å²) in [5.74, 6) is 0. The molecule has 0 amide bonds. The van der Waals surface area contributed by atoms with Crippen molar-refractivity contribution < 1.29 is 0 Å². The number of nitrogens with one attached hydrogen (secondary N) is 1. The molecular formula is C9H19N. The minimum Gasteiger partial charge on any atom is -0.391 e. The summed E-state index contributed by atoms with van der Waals surface area (Å²) in [4.78, 5) is 0. The lowest BCUT2D eigenvalue weighted by atomic mass is 10.1. The maximum absolute atomic E-state index is 3.22. The van der Waals surface area contributed by atoms with Crippen molar-refractivity contribution in [2.24, 2.45) is 0 Å². The van der Waals surface area contributed by atoms with Gasteiger partial charge in [-0.3, -0.25) is 0 Å². The van der Waals surface area contributed by atoms with E-state index in [4.69, 9.17) is 0 Å². The van der Waals surface area contributed by atoms with Gasteiger partial charge in [-0.15, -0.1) is 0 Å². The lowest BCUT2D eigenvalue weighted by Gasteiger charge is -2.07. The van der Waals surface area contributed by atoms with Crippen molar-refractivity contribution >= 4 is 0 Å². The van der Waals surface area contributed by atoms with E-state index in [1.807, 2.05) is 7.05 Å². The van der Waals surface area contributed by atoms with E-state index in [2.05, 4.69) is 26.1 Å². The lowest BCUT2D eigenvalue weighted by Crippen LogP contribution is -2.07. The van der Waals surface area contributed by atoms with Gasteiger partial charge in [0.2, 0.25) is 0 Å². The lowest BCUT2D eigenvalue weighted by molar-refractivity contribution is 0.734. The summed E-state index contributed by atoms with van der Waals surface area (Å²) in [6.07, 6.45) is 3.77. The van der Waals surface area contributed by atoms with Gasteiger partial charge in [0.1, 0.15) is 0 Å². The van der Waals surface area contributed by atoms with Crippen molar-refractivity contribution in [3.63, 3.8) is 0 Å². The molecule has 0 spiro atoms. The molecule has 0 heterocycles. The van der Waals surface area contributed by atoms with Crippen molar-refractivity contribution in [2.45, 2.75) is 40.0 Å². The molecule has 0 saturated heterocycles. The highest BCUT2D eigenvalue weighted by atomic mass is 14.8. The fraction of sp³-hybridized carbons (Fsp3) is 0.778. The summed E-state index contributed by atoms with van der Waals surface area (Å²) in [5, 5.41) is 3.22. The van der Waals surface area contributed by atoms with E-state index < -0.39 is 0 Å². The maximum Gasteiger partial charge on any atom is 0.00902 e. The zero-order valence-electron chi connectivity index (χ0n) is 7.62. The highest BCUT2D eigenvalue weighted by Crippen LogP contribution is 2.07. The Balaban J connectivity index is 3.73. The molecule has 0 aromatic carbocycles. The Bertz CT molecular complexity index is 110. The fourth-order valence-electron chi connectivity index (χ4n) is 0.979. The van der Waals surface area contributed by atoms with Gasteiger partial charge in [-0.1, -0.05) is 18.9 Å². The third kappa shape index (κ3) is 3.54. The Kier molecular flexibility index (Phi) is 5.09. The Hall–Kier alpha value is -0.460. The first kappa shape index (κ1) is 9.54. The van der Waals surface area contributed by atoms with Gasteiger partial charge in [-0.25, -0.2) is 0 Å². The molecule has 0 aliphatic carbocycles. The molecule has 1 N–H and O–H groups in total. The fourth-order valence-corrected chi connectivity index (χ4v) is 0.979. The molecule has 0 atom stereocenters. The van der Waals surface area contributed by atoms with Crippen molar-refractivity contribution in [2.75, 3.05) is 7.05 Å². The van der Waals surface area contributed by atoms with Crippen LogP contribution in [-0.2, 0) is 0 Å². The van der Waals surface area contributed by atoms with Crippen LogP contribution in [0.4, 0.5) is 0 Å². The molecular weight excluding hydrogens is 122 g/mol. The van der Waals surface area contributed by atoms with E-state index in [1.54, 1.807) is 0 Å². The molecule has 0 aliphatic rings. The molecule has 0 unspecified atom stereocenters. The van der Waals surface area contributed by atoms with Crippen LogP contribution in [0.1, 0.15) is 40.0 Å². The average molecular weight is 141 g/mol. The van der Waals surface area contributed by atoms with Crippen molar-refractivity contribution in [3.8, 4) is 0 Å². The number of allylic oxidation sites excluding steroid dienone is 2. The van der Waals surface area contributed by atoms with Gasteiger partial charge in [0.15, 0.2) is 0 Å². The minimum absolute atomic E-state index is 1.20. The molecule has 10 heavy (non-hydrogen) atoms. The summed E-state index contributed by atoms with van der Waals surface area (Å²) in [5.41, 5.74) is 2.82. The highest BCUT2D eigenvalue weighted by Gasteiger charge is 1.93. The Labute approximate surface area is 64.5 Å². The number of hydrogen-bond acceptors (Lipinski definition) is 1. The molecule has 0 aromatic heterocycles. The number of unbranched alkanes of at least 4 members (excludes halogenated alkanes) is 1. The summed E-state index contributed by atoms with van der Waals surface area (Å²) in [6, 6.07) is 0. The molecule has 0 saturated carbocycles. The van der Waals surface area contributed by atoms with Crippen molar-refractivity contribution in [1.82, 2.24) is 5.32 Å². The molecule has 1 nitrogen and oxygen atoms in total. The van der Waals surface area contributed by atoms with Gasteiger partial charge in [-0.05, 0) is 26.7 Å². The molecule has 0 fully saturated rings. The van der Waals surface area contributed by atoms with Crippen LogP contribution in [0.25, 0.3) is 0 Å². The van der Waals surface area contributed by atoms with Crippen LogP contribution in [0.15, 0.2) is 11.3 Å². The van der Waals surface area contributed by atoms with Crippen molar-refractivity contribution in [1.29, 1.82) is 0 Å². The van der Waals surface area contributed by atoms with Gasteiger partial charge < -0.3 is 5.32 Å². The highest BCUT2D eigenvalue weighted by molar-refractivity contribution is 5.06. The second-order valence-corrected chi connectivity index (χ2v) is 2.83. The third-order valence-electron chi connectivity index (χ3n) is 1.69. The number of rotatable bonds is 4. The second kappa shape index (κ2) is 5.33. The quantitative estimate of drug-likeness (QED) is 0.634. The van der Waals surface area contributed by atoms with Crippen molar-refractivity contribution in [3.05, 3.63) is 11.3 Å². The predicted octanol–water partition coefficient (Wildman–Crippen LogP) is 2.69. The topological polar surface area (TPSA) is 12.0 Å². The van der Waals surface area contributed by atoms with E-state index in [0.29, 0.717) is 0 Å². The Morgan fingerprint density at radius 3 is 2.20 bits per heavy atom. The molecule has 0 aliphatic heterocycles. The Morgan fingerprint density at radius 2 is 1.90 bits per heavy atom. The first-order valence-electron chi connectivity index (χ1n) is 4.06. The predicted molar refractivity (Wildman–Crippen MR) is 47.0 cm³/mol. The summed E-state index contributed by atoms with van der Waals surface area (Å²) < 4.78 is 0. The normalized spacial score (nSPS) is 9.20. The van der Waals surface area contributed by atoms with Crippen LogP contribution in [0.2, 0.25) is 0 Å². The van der Waals surface area contributed by atoms with Crippen LogP contribution >= 0.6 is 0 Å². The molecule has 0 radical (unpaired) electrons. The second-order valence-electron chi connectivity index (χ2n) is 2.83. The summed E-state index contributed by atoms with van der Waals surface area (Å²) >= 11 is 0. The first-order valence-corrected chi connectivity index (χ1v) is 4.06. The maximum atomic E-state index is 3.22. The van der Waals surface area contributed by atoms with Crippen LogP contribution in [-0.4, -0.2) is 7.05 Å². The molecule has 1 heteroatoms. The van der Waals surface area contributed by atoms with Gasteiger partial charge >= 0.3 is 0 Å². The monoisotopic (exact) mass is 141 g/mol. The van der Waals surface area contributed by atoms with Crippen LogP contribution in [0, 0.1) is 0 Å². The van der Waals surface area contributed by atoms with Crippen LogP contribution < -0.4 is 5.32 Å². The zero-order chi connectivity index (χ0) is 7.98. The van der Waals surface area contributed by atoms with E-state index in [-0.39, 0.29) is 0 Å². The van der Waals surface area contributed by atoms with Crippen LogP contribution in [0.3, 0.4) is 0 Å². The minimum atomic E-state index is 1.20. The van der Waals surface area contributed by atoms with E-state index in [9.17, 15) is 0 Å². The number of hydrogen-bond donors (Lipinski definition) is 1. The van der Waals surface area contributed by atoms with E-state index in [1.165, 1.54) is 30.5 Å². The van der Waals surface area contributed by atoms with Gasteiger partial charge in [0.05, 0.1) is 0 Å². The molecule has 0 bridgehead atoms. The van der Waals surface area contributed by atoms with Crippen LogP contribution in [0.5, 0.6) is 0 Å². The zero-order valence-corrected chi connectivity index (χ0v) is 7.62. The van der Waals surface area contributed by atoms with Gasteiger partial charge in [0, 0.05) is 12.7 Å². The first-order chi connectivity index (χ1) is 4.72. The summed E-state index contributed by atoms with van der Waals surface area (Å²) in [6.45, 7) is 6.53. The Morgan fingerprint density at radius 1 is 1.30 bits per heavy atom. The summed E-state index contributed by atoms with van der Waals surface area (Å²) in [7, 11) is 2.00. The van der Waals surface area contributed by atoms with E-state index in [0.717, 1.165) is 0 Å². The smallest absolute Gasteiger partial charge is 0.00902 e. The molecule has 60 valence electrons. The van der Waals surface area contributed by atoms with Gasteiger partial charge in [0.25, 0.3) is 0 Å².